The third-order valence-corrected chi connectivity index (χ3v) is 3.27. The van der Waals surface area contributed by atoms with Gasteiger partial charge in [-0.15, -0.1) is 0 Å². The van der Waals surface area contributed by atoms with Gasteiger partial charge < -0.3 is 9.94 Å². The first-order valence-electron chi connectivity index (χ1n) is 7.74. The molecule has 0 atom stereocenters. The topological polar surface area (TPSA) is 84.7 Å². The van der Waals surface area contributed by atoms with Crippen molar-refractivity contribution in [2.75, 3.05) is 6.61 Å². The zero-order valence-electron chi connectivity index (χ0n) is 13.6. The highest BCUT2D eigenvalue weighted by atomic mass is 19.4. The summed E-state index contributed by atoms with van der Waals surface area (Å²) in [5.41, 5.74) is -0.591. The molecule has 2 rings (SSSR count). The molecule has 0 bridgehead atoms. The second kappa shape index (κ2) is 8.93. The molecule has 0 radical (unpaired) electrons. The molecule has 0 fully saturated rings. The number of hydrogen-bond donors (Lipinski definition) is 1. The Morgan fingerprint density at radius 3 is 2.54 bits per heavy atom. The number of hydrogen-bond acceptors (Lipinski definition) is 5. The quantitative estimate of drug-likeness (QED) is 0.438. The van der Waals surface area contributed by atoms with Crippen molar-refractivity contribution in [3.8, 4) is 0 Å². The van der Waals surface area contributed by atoms with Gasteiger partial charge in [0.05, 0.1) is 5.56 Å². The first-order valence-corrected chi connectivity index (χ1v) is 7.74. The average molecular weight is 367 g/mol. The van der Waals surface area contributed by atoms with Gasteiger partial charge in [0.15, 0.2) is 11.5 Å². The van der Waals surface area contributed by atoms with Crippen molar-refractivity contribution in [2.45, 2.75) is 25.4 Å². The summed E-state index contributed by atoms with van der Waals surface area (Å²) in [5, 5.41) is 12.5. The normalized spacial score (nSPS) is 12.0. The zero-order chi connectivity index (χ0) is 19.0. The number of benzene rings is 1. The summed E-state index contributed by atoms with van der Waals surface area (Å²) in [6, 6.07) is 6.20. The summed E-state index contributed by atoms with van der Waals surface area (Å²) in [5.74, 6) is -0.784. The van der Waals surface area contributed by atoms with Crippen LogP contribution in [0.15, 0.2) is 47.9 Å². The number of rotatable bonds is 8. The number of nitrogens with zero attached hydrogens (tertiary/aromatic N) is 3. The number of halogens is 3. The Bertz CT molecular complexity index is 765. The molecule has 26 heavy (non-hydrogen) atoms. The predicted octanol–water partition coefficient (Wildman–Crippen LogP) is 3.52. The van der Waals surface area contributed by atoms with Crippen molar-refractivity contribution in [2.24, 2.45) is 5.16 Å². The smallest absolute Gasteiger partial charge is 0.416 e. The zero-order valence-corrected chi connectivity index (χ0v) is 13.6. The van der Waals surface area contributed by atoms with E-state index in [0.29, 0.717) is 12.8 Å². The summed E-state index contributed by atoms with van der Waals surface area (Å²) in [6.45, 7) is 0.128. The van der Waals surface area contributed by atoms with E-state index in [4.69, 9.17) is 9.94 Å². The summed E-state index contributed by atoms with van der Waals surface area (Å²) in [6.07, 6.45) is -0.741. The van der Waals surface area contributed by atoms with E-state index >= 15 is 0 Å². The van der Waals surface area contributed by atoms with E-state index in [0.717, 1.165) is 12.1 Å². The minimum Gasteiger partial charge on any atom is -0.481 e. The molecular formula is C17H16F3N3O3. The maximum Gasteiger partial charge on any atom is 0.416 e. The number of aliphatic carboxylic acids is 1. The molecule has 0 spiro atoms. The van der Waals surface area contributed by atoms with Crippen molar-refractivity contribution < 1.29 is 27.9 Å². The van der Waals surface area contributed by atoms with Crippen molar-refractivity contribution in [3.05, 3.63) is 59.7 Å². The van der Waals surface area contributed by atoms with Crippen LogP contribution in [-0.2, 0) is 15.8 Å². The average Bonchev–Trinajstić information content (AvgIpc) is 2.61. The van der Waals surface area contributed by atoms with E-state index in [-0.39, 0.29) is 30.1 Å². The Kier molecular flexibility index (Phi) is 6.65. The largest absolute Gasteiger partial charge is 0.481 e. The number of oxime groups is 1. The Balaban J connectivity index is 2.20. The summed E-state index contributed by atoms with van der Waals surface area (Å²) >= 11 is 0. The highest BCUT2D eigenvalue weighted by Crippen LogP contribution is 2.30. The van der Waals surface area contributed by atoms with Gasteiger partial charge in [-0.3, -0.25) is 4.79 Å². The van der Waals surface area contributed by atoms with Gasteiger partial charge in [0.1, 0.15) is 6.61 Å². The molecule has 1 N–H and O–H groups in total. The van der Waals surface area contributed by atoms with Gasteiger partial charge in [0.2, 0.25) is 0 Å². The predicted molar refractivity (Wildman–Crippen MR) is 86.6 cm³/mol. The van der Waals surface area contributed by atoms with E-state index in [2.05, 4.69) is 15.1 Å². The van der Waals surface area contributed by atoms with E-state index in [1.165, 1.54) is 24.5 Å². The van der Waals surface area contributed by atoms with Crippen LogP contribution in [0.1, 0.15) is 36.2 Å². The number of carboxylic acid groups (broad SMARTS) is 1. The lowest BCUT2D eigenvalue weighted by Crippen LogP contribution is -2.12. The molecule has 138 valence electrons. The second-order valence-corrected chi connectivity index (χ2v) is 5.27. The third kappa shape index (κ3) is 5.83. The Morgan fingerprint density at radius 2 is 1.88 bits per heavy atom. The Labute approximate surface area is 147 Å². The van der Waals surface area contributed by atoms with Crippen molar-refractivity contribution in [1.29, 1.82) is 0 Å². The number of alkyl halides is 3. The van der Waals surface area contributed by atoms with Crippen LogP contribution in [0.3, 0.4) is 0 Å². The molecule has 9 heteroatoms. The highest BCUT2D eigenvalue weighted by molar-refractivity contribution is 6.10. The fourth-order valence-electron chi connectivity index (χ4n) is 2.04. The fourth-order valence-corrected chi connectivity index (χ4v) is 2.04. The lowest BCUT2D eigenvalue weighted by atomic mass is 10.1. The molecule has 1 aromatic carbocycles. The molecule has 0 saturated heterocycles. The van der Waals surface area contributed by atoms with Gasteiger partial charge in [-0.2, -0.15) is 13.2 Å². The highest BCUT2D eigenvalue weighted by Gasteiger charge is 2.31. The van der Waals surface area contributed by atoms with Gasteiger partial charge in [0, 0.05) is 24.4 Å². The summed E-state index contributed by atoms with van der Waals surface area (Å²) in [4.78, 5) is 23.6. The molecule has 0 unspecified atom stereocenters. The number of unbranched alkanes of at least 4 members (excludes halogenated alkanes) is 1. The van der Waals surface area contributed by atoms with Crippen LogP contribution in [0.5, 0.6) is 0 Å². The molecule has 0 amide bonds. The lowest BCUT2D eigenvalue weighted by molar-refractivity contribution is -0.138. The molecule has 0 aliphatic carbocycles. The van der Waals surface area contributed by atoms with E-state index in [1.807, 2.05) is 0 Å². The molecule has 1 aromatic heterocycles. The van der Waals surface area contributed by atoms with Gasteiger partial charge in [-0.1, -0.05) is 17.3 Å². The van der Waals surface area contributed by atoms with E-state index in [9.17, 15) is 18.0 Å². The summed E-state index contributed by atoms with van der Waals surface area (Å²) in [7, 11) is 0. The van der Waals surface area contributed by atoms with Crippen LogP contribution in [0.25, 0.3) is 0 Å². The number of aromatic nitrogens is 2. The van der Waals surface area contributed by atoms with Crippen LogP contribution in [0.2, 0.25) is 0 Å². The fraction of sp³-hybridized carbons (Fsp3) is 0.294. The molecule has 2 aromatic rings. The van der Waals surface area contributed by atoms with Crippen LogP contribution in [-0.4, -0.2) is 33.4 Å². The molecular weight excluding hydrogens is 351 g/mol. The lowest BCUT2D eigenvalue weighted by Gasteiger charge is -2.10. The Hall–Kier alpha value is -2.97. The summed E-state index contributed by atoms with van der Waals surface area (Å²) < 4.78 is 38.8. The van der Waals surface area contributed by atoms with Gasteiger partial charge in [-0.25, -0.2) is 9.97 Å². The maximum atomic E-state index is 12.9. The maximum absolute atomic E-state index is 12.9. The first-order chi connectivity index (χ1) is 12.4. The van der Waals surface area contributed by atoms with E-state index < -0.39 is 17.7 Å². The Morgan fingerprint density at radius 1 is 1.15 bits per heavy atom. The standard InChI is InChI=1S/C17H16F3N3O3/c18-17(19,20)13-6-3-5-12(11-13)15(16-21-8-4-9-22-16)23-26-10-2-1-7-14(24)25/h3-6,8-9,11H,1-2,7,10H2,(H,24,25)/b23-15-. The van der Waals surface area contributed by atoms with Crippen LogP contribution in [0, 0.1) is 0 Å². The molecule has 1 heterocycles. The minimum absolute atomic E-state index is 0.00928. The molecule has 0 saturated carbocycles. The molecule has 0 aliphatic rings. The van der Waals surface area contributed by atoms with Gasteiger partial charge >= 0.3 is 12.1 Å². The SMILES string of the molecule is O=C(O)CCCCO/N=C(/c1cccc(C(F)(F)F)c1)c1ncccn1. The number of carboxylic acids is 1. The van der Waals surface area contributed by atoms with Crippen molar-refractivity contribution in [1.82, 2.24) is 9.97 Å². The van der Waals surface area contributed by atoms with Gasteiger partial charge in [-0.05, 0) is 31.0 Å². The molecule has 0 aliphatic heterocycles. The minimum atomic E-state index is -4.49. The molecule has 6 nitrogen and oxygen atoms in total. The van der Waals surface area contributed by atoms with Crippen LogP contribution < -0.4 is 0 Å². The third-order valence-electron chi connectivity index (χ3n) is 3.27. The van der Waals surface area contributed by atoms with Gasteiger partial charge in [0.25, 0.3) is 0 Å². The van der Waals surface area contributed by atoms with Crippen LogP contribution >= 0.6 is 0 Å². The monoisotopic (exact) mass is 367 g/mol. The van der Waals surface area contributed by atoms with Crippen molar-refractivity contribution in [3.63, 3.8) is 0 Å². The van der Waals surface area contributed by atoms with E-state index in [1.54, 1.807) is 6.07 Å². The van der Waals surface area contributed by atoms with Crippen LogP contribution in [0.4, 0.5) is 13.2 Å². The number of carbonyl (C=O) groups is 1. The second-order valence-electron chi connectivity index (χ2n) is 5.27. The first kappa shape index (κ1) is 19.4. The van der Waals surface area contributed by atoms with Crippen molar-refractivity contribution >= 4 is 11.7 Å².